The first kappa shape index (κ1) is 16.7. The summed E-state index contributed by atoms with van der Waals surface area (Å²) in [5.74, 6) is -0.454. The Bertz CT molecular complexity index is 825. The molecule has 1 aliphatic rings. The summed E-state index contributed by atoms with van der Waals surface area (Å²) in [4.78, 5) is 17.9. The Hall–Kier alpha value is -2.15. The first-order valence-corrected chi connectivity index (χ1v) is 7.99. The number of ether oxygens (including phenoxy) is 1. The van der Waals surface area contributed by atoms with E-state index in [0.717, 1.165) is 11.8 Å². The molecular formula is C16H18ClFN4O2. The molecule has 0 saturated heterocycles. The lowest BCUT2D eigenvalue weighted by Gasteiger charge is -2.29. The fourth-order valence-electron chi connectivity index (χ4n) is 2.55. The molecular weight excluding hydrogens is 335 g/mol. The maximum Gasteiger partial charge on any atom is 0.410 e. The van der Waals surface area contributed by atoms with Gasteiger partial charge in [-0.15, -0.1) is 0 Å². The Labute approximate surface area is 143 Å². The molecule has 1 amide bonds. The number of nitrogens with zero attached hydrogens (tertiary/aromatic N) is 4. The van der Waals surface area contributed by atoms with E-state index in [2.05, 4.69) is 10.1 Å². The average molecular weight is 353 g/mol. The lowest BCUT2D eigenvalue weighted by molar-refractivity contribution is 0.0270. The van der Waals surface area contributed by atoms with E-state index in [9.17, 15) is 9.18 Å². The highest BCUT2D eigenvalue weighted by atomic mass is 35.5. The van der Waals surface area contributed by atoms with Gasteiger partial charge in [0.25, 0.3) is 0 Å². The Kier molecular flexibility index (Phi) is 4.21. The van der Waals surface area contributed by atoms with E-state index < -0.39 is 11.4 Å². The molecule has 0 spiro atoms. The second kappa shape index (κ2) is 6.05. The minimum Gasteiger partial charge on any atom is -0.444 e. The van der Waals surface area contributed by atoms with Gasteiger partial charge in [-0.2, -0.15) is 5.10 Å². The van der Waals surface area contributed by atoms with Crippen LogP contribution in [-0.2, 0) is 4.74 Å². The van der Waals surface area contributed by atoms with Gasteiger partial charge in [-0.05, 0) is 32.8 Å². The lowest BCUT2D eigenvalue weighted by Crippen LogP contribution is -2.39. The summed E-state index contributed by atoms with van der Waals surface area (Å²) in [6.07, 6.45) is 4.61. The van der Waals surface area contributed by atoms with E-state index in [-0.39, 0.29) is 16.8 Å². The van der Waals surface area contributed by atoms with E-state index in [4.69, 9.17) is 16.3 Å². The fourth-order valence-corrected chi connectivity index (χ4v) is 2.73. The number of hydrogen-bond donors (Lipinski definition) is 0. The van der Waals surface area contributed by atoms with Gasteiger partial charge in [0.05, 0.1) is 18.1 Å². The first-order chi connectivity index (χ1) is 11.2. The average Bonchev–Trinajstić information content (AvgIpc) is 2.86. The van der Waals surface area contributed by atoms with Crippen LogP contribution < -0.4 is 0 Å². The molecule has 0 bridgehead atoms. The fraction of sp³-hybridized carbons (Fsp3) is 0.438. The topological polar surface area (TPSA) is 59.7 Å². The number of amides is 1. The minimum atomic E-state index is -0.539. The quantitative estimate of drug-likeness (QED) is 0.787. The second-order valence-corrected chi connectivity index (χ2v) is 6.99. The van der Waals surface area contributed by atoms with Crippen LogP contribution in [0, 0.1) is 5.82 Å². The zero-order valence-corrected chi connectivity index (χ0v) is 14.5. The van der Waals surface area contributed by atoms with Gasteiger partial charge in [-0.25, -0.2) is 18.7 Å². The molecule has 0 atom stereocenters. The van der Waals surface area contributed by atoms with Crippen molar-refractivity contribution in [3.05, 3.63) is 35.1 Å². The molecule has 0 saturated carbocycles. The van der Waals surface area contributed by atoms with Crippen LogP contribution in [0.1, 0.15) is 32.9 Å². The van der Waals surface area contributed by atoms with Gasteiger partial charge >= 0.3 is 6.09 Å². The molecule has 2 aromatic rings. The van der Waals surface area contributed by atoms with Crippen LogP contribution in [0.25, 0.3) is 11.1 Å². The molecule has 0 radical (unpaired) electrons. The highest BCUT2D eigenvalue weighted by Crippen LogP contribution is 2.28. The normalized spacial score (nSPS) is 15.5. The third kappa shape index (κ3) is 3.36. The molecule has 0 fully saturated rings. The van der Waals surface area contributed by atoms with Gasteiger partial charge in [-0.1, -0.05) is 17.7 Å². The number of carbonyl (C=O) groups excluding carboxylic acids is 1. The van der Waals surface area contributed by atoms with Crippen LogP contribution >= 0.6 is 11.6 Å². The molecule has 6 nitrogen and oxygen atoms in total. The summed E-state index contributed by atoms with van der Waals surface area (Å²) in [7, 11) is 0. The van der Waals surface area contributed by atoms with Crippen molar-refractivity contribution in [3.63, 3.8) is 0 Å². The zero-order valence-electron chi connectivity index (χ0n) is 13.7. The summed E-state index contributed by atoms with van der Waals surface area (Å²) in [5, 5.41) is 4.16. The smallest absolute Gasteiger partial charge is 0.410 e. The summed E-state index contributed by atoms with van der Waals surface area (Å²) in [5.41, 5.74) is 1.04. The van der Waals surface area contributed by atoms with Crippen molar-refractivity contribution >= 4 is 28.8 Å². The molecule has 3 heterocycles. The maximum absolute atomic E-state index is 14.0. The Morgan fingerprint density at radius 3 is 2.79 bits per heavy atom. The number of halogens is 2. The molecule has 0 aromatic carbocycles. The van der Waals surface area contributed by atoms with Crippen molar-refractivity contribution in [1.29, 1.82) is 0 Å². The van der Waals surface area contributed by atoms with Crippen LogP contribution in [0.4, 0.5) is 9.18 Å². The van der Waals surface area contributed by atoms with Gasteiger partial charge in [0.1, 0.15) is 16.3 Å². The summed E-state index contributed by atoms with van der Waals surface area (Å²) < 4.78 is 20.7. The molecule has 3 rings (SSSR count). The Morgan fingerprint density at radius 1 is 1.42 bits per heavy atom. The number of carbonyl (C=O) groups is 1. The highest BCUT2D eigenvalue weighted by molar-refractivity contribution is 6.29. The Morgan fingerprint density at radius 2 is 2.17 bits per heavy atom. The van der Waals surface area contributed by atoms with E-state index in [1.807, 2.05) is 26.8 Å². The van der Waals surface area contributed by atoms with Gasteiger partial charge in [-0.3, -0.25) is 0 Å². The monoisotopic (exact) mass is 352 g/mol. The molecule has 0 unspecified atom stereocenters. The van der Waals surface area contributed by atoms with Crippen LogP contribution in [0.15, 0.2) is 18.5 Å². The molecule has 8 heteroatoms. The Balaban J connectivity index is 1.86. The molecule has 1 aliphatic heterocycles. The van der Waals surface area contributed by atoms with Crippen molar-refractivity contribution in [3.8, 4) is 0 Å². The molecule has 0 N–H and O–H groups in total. The van der Waals surface area contributed by atoms with Crippen molar-refractivity contribution in [2.45, 2.75) is 32.8 Å². The van der Waals surface area contributed by atoms with Crippen LogP contribution in [0.3, 0.4) is 0 Å². The number of rotatable bonds is 1. The minimum absolute atomic E-state index is 0.232. The van der Waals surface area contributed by atoms with Crippen LogP contribution in [0.5, 0.6) is 0 Å². The van der Waals surface area contributed by atoms with Gasteiger partial charge in [0.15, 0.2) is 5.82 Å². The standard InChI is InChI=1S/C16H18ClFN4O2/c1-16(2,3)24-15(23)21-6-4-10(5-7-21)13-14-11(18)8-19-22(14)9-12(17)20-13/h4,8-9H,5-7H2,1-3H3. The zero-order chi connectivity index (χ0) is 17.5. The summed E-state index contributed by atoms with van der Waals surface area (Å²) in [6.45, 7) is 6.32. The molecule has 0 aliphatic carbocycles. The predicted molar refractivity (Wildman–Crippen MR) is 88.4 cm³/mol. The SMILES string of the molecule is CC(C)(C)OC(=O)N1CC=C(c2nc(Cl)cn3ncc(F)c23)CC1. The number of aromatic nitrogens is 3. The number of fused-ring (bicyclic) bond motifs is 1. The maximum atomic E-state index is 14.0. The van der Waals surface area contributed by atoms with Crippen molar-refractivity contribution in [1.82, 2.24) is 19.5 Å². The molecule has 24 heavy (non-hydrogen) atoms. The summed E-state index contributed by atoms with van der Waals surface area (Å²) in [6, 6.07) is 0. The van der Waals surface area contributed by atoms with Crippen molar-refractivity contribution in [2.75, 3.05) is 13.1 Å². The molecule has 2 aromatic heterocycles. The third-order valence-electron chi connectivity index (χ3n) is 3.59. The highest BCUT2D eigenvalue weighted by Gasteiger charge is 2.25. The van der Waals surface area contributed by atoms with Crippen LogP contribution in [0.2, 0.25) is 5.15 Å². The van der Waals surface area contributed by atoms with Gasteiger partial charge in [0, 0.05) is 13.1 Å². The third-order valence-corrected chi connectivity index (χ3v) is 3.77. The molecule has 128 valence electrons. The number of hydrogen-bond acceptors (Lipinski definition) is 4. The van der Waals surface area contributed by atoms with Gasteiger partial charge < -0.3 is 9.64 Å². The van der Waals surface area contributed by atoms with E-state index in [1.54, 1.807) is 4.90 Å². The van der Waals surface area contributed by atoms with Crippen LogP contribution in [-0.4, -0.2) is 44.3 Å². The van der Waals surface area contributed by atoms with Gasteiger partial charge in [0.2, 0.25) is 0 Å². The van der Waals surface area contributed by atoms with Crippen molar-refractivity contribution in [2.24, 2.45) is 0 Å². The van der Waals surface area contributed by atoms with E-state index in [1.165, 1.54) is 10.7 Å². The predicted octanol–water partition coefficient (Wildman–Crippen LogP) is 3.55. The largest absolute Gasteiger partial charge is 0.444 e. The lowest BCUT2D eigenvalue weighted by atomic mass is 10.0. The second-order valence-electron chi connectivity index (χ2n) is 6.60. The summed E-state index contributed by atoms with van der Waals surface area (Å²) >= 11 is 6.00. The van der Waals surface area contributed by atoms with E-state index in [0.29, 0.717) is 25.2 Å². The first-order valence-electron chi connectivity index (χ1n) is 7.61. The van der Waals surface area contributed by atoms with Crippen molar-refractivity contribution < 1.29 is 13.9 Å². The van der Waals surface area contributed by atoms with E-state index >= 15 is 0 Å².